The maximum absolute atomic E-state index is 12.2. The highest BCUT2D eigenvalue weighted by Gasteiger charge is 2.36. The van der Waals surface area contributed by atoms with Crippen LogP contribution in [0.1, 0.15) is 6.42 Å². The Bertz CT molecular complexity index is 600. The Hall–Kier alpha value is -2.70. The zero-order chi connectivity index (χ0) is 15.6. The molecular weight excluding hydrogens is 274 g/mol. The van der Waals surface area contributed by atoms with E-state index in [4.69, 9.17) is 15.6 Å². The number of likely N-dealkylation sites (tertiary alicyclic amines) is 1. The topological polar surface area (TPSA) is 105 Å². The predicted molar refractivity (Wildman–Crippen MR) is 78.3 cm³/mol. The Morgan fingerprint density at radius 3 is 2.81 bits per heavy atom. The van der Waals surface area contributed by atoms with Crippen LogP contribution >= 0.6 is 0 Å². The molecule has 0 bridgehead atoms. The van der Waals surface area contributed by atoms with Gasteiger partial charge in [-0.3, -0.25) is 9.69 Å². The number of methoxy groups -OCH3 is 1. The van der Waals surface area contributed by atoms with Crippen molar-refractivity contribution in [3.8, 4) is 5.75 Å². The summed E-state index contributed by atoms with van der Waals surface area (Å²) in [6, 6.07) is 4.07. The molecule has 0 unspecified atom stereocenters. The lowest BCUT2D eigenvalue weighted by Gasteiger charge is -2.20. The van der Waals surface area contributed by atoms with Crippen molar-refractivity contribution in [1.82, 2.24) is 4.90 Å². The van der Waals surface area contributed by atoms with Gasteiger partial charge in [0, 0.05) is 12.6 Å². The maximum atomic E-state index is 12.2. The van der Waals surface area contributed by atoms with Crippen LogP contribution in [0.4, 0.5) is 16.2 Å². The van der Waals surface area contributed by atoms with Gasteiger partial charge < -0.3 is 20.9 Å². The average Bonchev–Trinajstić information content (AvgIpc) is 2.83. The lowest BCUT2D eigenvalue weighted by molar-refractivity contribution is -0.119. The number of carboxylic acid groups (broad SMARTS) is 1. The van der Waals surface area contributed by atoms with Gasteiger partial charge in [-0.15, -0.1) is 0 Å². The zero-order valence-electron chi connectivity index (χ0n) is 11.6. The maximum Gasteiger partial charge on any atom is 0.408 e. The molecule has 0 spiro atoms. The number of anilines is 2. The predicted octanol–water partition coefficient (Wildman–Crippen LogP) is 1.52. The summed E-state index contributed by atoms with van der Waals surface area (Å²) >= 11 is 0. The molecule has 1 aliphatic heterocycles. The first-order valence-corrected chi connectivity index (χ1v) is 6.33. The van der Waals surface area contributed by atoms with Gasteiger partial charge in [0.05, 0.1) is 18.5 Å². The summed E-state index contributed by atoms with van der Waals surface area (Å²) in [4.78, 5) is 24.4. The number of nitrogens with two attached hydrogens (primary N) is 1. The van der Waals surface area contributed by atoms with Crippen LogP contribution in [0.3, 0.4) is 0 Å². The number of ether oxygens (including phenoxy) is 1. The molecule has 21 heavy (non-hydrogen) atoms. The molecule has 0 saturated carbocycles. The van der Waals surface area contributed by atoms with E-state index in [0.717, 1.165) is 4.90 Å². The van der Waals surface area contributed by atoms with E-state index in [1.165, 1.54) is 7.11 Å². The minimum atomic E-state index is -1.14. The Kier molecular flexibility index (Phi) is 4.02. The van der Waals surface area contributed by atoms with Crippen LogP contribution in [0, 0.1) is 0 Å². The van der Waals surface area contributed by atoms with Gasteiger partial charge >= 0.3 is 6.09 Å². The van der Waals surface area contributed by atoms with Crippen LogP contribution in [0.15, 0.2) is 30.4 Å². The Morgan fingerprint density at radius 2 is 2.24 bits per heavy atom. The smallest absolute Gasteiger partial charge is 0.408 e. The molecule has 7 heteroatoms. The minimum absolute atomic E-state index is 0.172. The molecule has 112 valence electrons. The summed E-state index contributed by atoms with van der Waals surface area (Å²) in [7, 11) is 1.52. The van der Waals surface area contributed by atoms with Gasteiger partial charge in [-0.2, -0.15) is 0 Å². The fraction of sp³-hybridized carbons (Fsp3) is 0.286. The fourth-order valence-corrected chi connectivity index (χ4v) is 2.23. The van der Waals surface area contributed by atoms with Gasteiger partial charge in [0.1, 0.15) is 11.8 Å². The first kappa shape index (κ1) is 14.7. The minimum Gasteiger partial charge on any atom is -0.497 e. The number of nitrogens with zero attached hydrogens (tertiary/aromatic N) is 1. The third-order valence-corrected chi connectivity index (χ3v) is 3.32. The molecule has 2 rings (SSSR count). The first-order valence-electron chi connectivity index (χ1n) is 6.33. The van der Waals surface area contributed by atoms with Crippen molar-refractivity contribution in [2.45, 2.75) is 12.5 Å². The van der Waals surface area contributed by atoms with Crippen LogP contribution in [-0.2, 0) is 4.79 Å². The van der Waals surface area contributed by atoms with Crippen molar-refractivity contribution >= 4 is 23.4 Å². The van der Waals surface area contributed by atoms with Gasteiger partial charge in [-0.05, 0) is 18.6 Å². The van der Waals surface area contributed by atoms with Gasteiger partial charge in [0.15, 0.2) is 0 Å². The number of benzene rings is 1. The highest BCUT2D eigenvalue weighted by atomic mass is 16.5. The Labute approximate surface area is 122 Å². The highest BCUT2D eigenvalue weighted by molar-refractivity contribution is 5.99. The number of carbonyl (C=O) groups excluding carboxylic acids is 1. The normalized spacial score (nSPS) is 17.7. The summed E-state index contributed by atoms with van der Waals surface area (Å²) < 4.78 is 5.03. The van der Waals surface area contributed by atoms with E-state index >= 15 is 0 Å². The summed E-state index contributed by atoms with van der Waals surface area (Å²) in [5, 5.41) is 11.7. The zero-order valence-corrected chi connectivity index (χ0v) is 11.6. The standard InChI is InChI=1S/C14H17N3O4/c1-8-5-12(17(7-8)14(19)20)13(18)16-11-4-3-9(21-2)6-10(11)15/h3-4,6,12H,1,5,7,15H2,2H3,(H,16,18)(H,19,20)/t12-/m0/s1. The first-order chi connectivity index (χ1) is 9.92. The van der Waals surface area contributed by atoms with E-state index in [9.17, 15) is 9.59 Å². The van der Waals surface area contributed by atoms with E-state index in [-0.39, 0.29) is 6.54 Å². The second kappa shape index (κ2) is 5.74. The number of nitrogen functional groups attached to an aromatic ring is 1. The largest absolute Gasteiger partial charge is 0.497 e. The summed E-state index contributed by atoms with van der Waals surface area (Å²) in [6.07, 6.45) is -0.828. The van der Waals surface area contributed by atoms with Crippen LogP contribution in [0.5, 0.6) is 5.75 Å². The van der Waals surface area contributed by atoms with Crippen molar-refractivity contribution in [3.63, 3.8) is 0 Å². The molecule has 2 amide bonds. The van der Waals surface area contributed by atoms with Crippen molar-refractivity contribution in [3.05, 3.63) is 30.4 Å². The monoisotopic (exact) mass is 291 g/mol. The number of nitrogens with one attached hydrogen (secondary N) is 1. The molecular formula is C14H17N3O4. The number of rotatable bonds is 3. The Balaban J connectivity index is 2.14. The molecule has 0 aromatic heterocycles. The summed E-state index contributed by atoms with van der Waals surface area (Å²) in [5.41, 5.74) is 7.30. The number of carbonyl (C=O) groups is 2. The van der Waals surface area contributed by atoms with Gasteiger partial charge in [0.25, 0.3) is 0 Å². The van der Waals surface area contributed by atoms with Crippen molar-refractivity contribution in [1.29, 1.82) is 0 Å². The van der Waals surface area contributed by atoms with Gasteiger partial charge in [0.2, 0.25) is 5.91 Å². The van der Waals surface area contributed by atoms with E-state index in [2.05, 4.69) is 11.9 Å². The number of hydrogen-bond acceptors (Lipinski definition) is 4. The van der Waals surface area contributed by atoms with Gasteiger partial charge in [-0.25, -0.2) is 4.79 Å². The molecule has 1 aromatic carbocycles. The summed E-state index contributed by atoms with van der Waals surface area (Å²) in [5.74, 6) is 0.153. The molecule has 7 nitrogen and oxygen atoms in total. The average molecular weight is 291 g/mol. The third-order valence-electron chi connectivity index (χ3n) is 3.32. The van der Waals surface area contributed by atoms with E-state index in [0.29, 0.717) is 29.1 Å². The van der Waals surface area contributed by atoms with Crippen molar-refractivity contribution < 1.29 is 19.4 Å². The lowest BCUT2D eigenvalue weighted by Crippen LogP contribution is -2.42. The second-order valence-electron chi connectivity index (χ2n) is 4.82. The molecule has 1 atom stereocenters. The van der Waals surface area contributed by atoms with Crippen LogP contribution in [0.2, 0.25) is 0 Å². The Morgan fingerprint density at radius 1 is 1.52 bits per heavy atom. The second-order valence-corrected chi connectivity index (χ2v) is 4.82. The van der Waals surface area contributed by atoms with Crippen LogP contribution in [0.25, 0.3) is 0 Å². The van der Waals surface area contributed by atoms with E-state index in [1.807, 2.05) is 0 Å². The summed E-state index contributed by atoms with van der Waals surface area (Å²) in [6.45, 7) is 3.91. The number of hydrogen-bond donors (Lipinski definition) is 3. The third kappa shape index (κ3) is 3.07. The van der Waals surface area contributed by atoms with Crippen molar-refractivity contribution in [2.75, 3.05) is 24.7 Å². The van der Waals surface area contributed by atoms with Crippen LogP contribution < -0.4 is 15.8 Å². The molecule has 0 aliphatic carbocycles. The SMILES string of the molecule is C=C1C[C@@H](C(=O)Nc2ccc(OC)cc2N)N(C(=O)O)C1. The fourth-order valence-electron chi connectivity index (χ4n) is 2.23. The lowest BCUT2D eigenvalue weighted by atomic mass is 10.1. The molecule has 1 fully saturated rings. The highest BCUT2D eigenvalue weighted by Crippen LogP contribution is 2.26. The molecule has 1 aliphatic rings. The van der Waals surface area contributed by atoms with E-state index < -0.39 is 18.0 Å². The quantitative estimate of drug-likeness (QED) is 0.578. The van der Waals surface area contributed by atoms with E-state index in [1.54, 1.807) is 18.2 Å². The van der Waals surface area contributed by atoms with Crippen molar-refractivity contribution in [2.24, 2.45) is 0 Å². The van der Waals surface area contributed by atoms with Gasteiger partial charge in [-0.1, -0.05) is 12.2 Å². The molecule has 0 radical (unpaired) electrons. The molecule has 4 N–H and O–H groups in total. The number of amides is 2. The molecule has 1 saturated heterocycles. The van der Waals surface area contributed by atoms with Crippen LogP contribution in [-0.4, -0.2) is 41.7 Å². The molecule has 1 aromatic rings. The molecule has 1 heterocycles.